The van der Waals surface area contributed by atoms with Gasteiger partial charge in [-0.2, -0.15) is 0 Å². The van der Waals surface area contributed by atoms with E-state index in [1.807, 2.05) is 24.3 Å². The number of ether oxygens (including phenoxy) is 2. The van der Waals surface area contributed by atoms with Crippen LogP contribution in [0.3, 0.4) is 0 Å². The minimum absolute atomic E-state index is 0.0769. The largest absolute Gasteiger partial charge is 0.512 e. The summed E-state index contributed by atoms with van der Waals surface area (Å²) < 4.78 is 68.5. The predicted molar refractivity (Wildman–Crippen MR) is 160 cm³/mol. The molecule has 0 fully saturated rings. The van der Waals surface area contributed by atoms with Gasteiger partial charge in [-0.15, -0.1) is 0 Å². The van der Waals surface area contributed by atoms with Gasteiger partial charge in [0.2, 0.25) is 13.6 Å². The van der Waals surface area contributed by atoms with E-state index in [0.29, 0.717) is 0 Å². The molecule has 0 atom stereocenters. The summed E-state index contributed by atoms with van der Waals surface area (Å²) in [7, 11) is -8.37. The second kappa shape index (κ2) is 17.6. The van der Waals surface area contributed by atoms with E-state index in [-0.39, 0.29) is 26.4 Å². The molecule has 4 rings (SSSR count). The van der Waals surface area contributed by atoms with E-state index in [1.54, 1.807) is 97.1 Å². The fraction of sp³-hybridized carbons (Fsp3) is 0.194. The molecule has 0 aromatic heterocycles. The van der Waals surface area contributed by atoms with Gasteiger partial charge in [0.25, 0.3) is 0 Å². The van der Waals surface area contributed by atoms with Crippen molar-refractivity contribution in [1.29, 1.82) is 0 Å². The molecular formula is C31H32O11P2. The van der Waals surface area contributed by atoms with Crippen LogP contribution in [0.5, 0.6) is 0 Å². The molecule has 0 unspecified atom stereocenters. The molecule has 0 N–H and O–H groups in total. The van der Waals surface area contributed by atoms with Gasteiger partial charge >= 0.3 is 21.8 Å². The average molecular weight is 643 g/mol. The van der Waals surface area contributed by atoms with Gasteiger partial charge < -0.3 is 9.47 Å². The van der Waals surface area contributed by atoms with Gasteiger partial charge in [0.15, 0.2) is 0 Å². The quantitative estimate of drug-likeness (QED) is 0.0593. The number of hydrogen-bond acceptors (Lipinski definition) is 11. The second-order valence-corrected chi connectivity index (χ2v) is 12.3. The van der Waals surface area contributed by atoms with Crippen molar-refractivity contribution in [2.24, 2.45) is 0 Å². The van der Waals surface area contributed by atoms with Gasteiger partial charge in [-0.25, -0.2) is 23.0 Å². The number of phosphoric acid groups is 2. The Labute approximate surface area is 255 Å². The lowest BCUT2D eigenvalue weighted by atomic mass is 10.2. The molecule has 0 saturated heterocycles. The van der Waals surface area contributed by atoms with Crippen LogP contribution in [0.15, 0.2) is 121 Å². The topological polar surface area (TPSA) is 125 Å². The summed E-state index contributed by atoms with van der Waals surface area (Å²) in [6.07, 6.45) is -1.26. The first-order valence-corrected chi connectivity index (χ1v) is 16.4. The second-order valence-electron chi connectivity index (χ2n) is 8.96. The molecule has 0 bridgehead atoms. The number of rotatable bonds is 18. The Morgan fingerprint density at radius 1 is 0.409 bits per heavy atom. The van der Waals surface area contributed by atoms with E-state index < -0.39 is 35.4 Å². The number of phosphoric ester groups is 2. The molecule has 0 saturated carbocycles. The van der Waals surface area contributed by atoms with E-state index in [4.69, 9.17) is 36.6 Å². The SMILES string of the molecule is O=C(OCOP(=O)(OCc1ccccc1)OCc1ccccc1)OCOP(=O)(OCc1ccccc1)OCc1ccccc1. The molecule has 232 valence electrons. The number of carbonyl (C=O) groups is 1. The predicted octanol–water partition coefficient (Wildman–Crippen LogP) is 8.17. The standard InChI is InChI=1S/C31H32O11P2/c32-31(35-25-41-43(33,37-21-27-13-5-1-6-14-27)38-22-28-15-7-2-8-16-28)36-26-42-44(34,39-23-29-17-9-3-10-18-29)40-24-30-19-11-4-12-20-30/h1-20H,21-26H2. The number of carbonyl (C=O) groups excluding carboxylic acids is 1. The molecule has 4 aromatic carbocycles. The summed E-state index contributed by atoms with van der Waals surface area (Å²) in [6, 6.07) is 36.0. The van der Waals surface area contributed by atoms with Crippen LogP contribution in [-0.2, 0) is 72.2 Å². The molecule has 0 heterocycles. The van der Waals surface area contributed by atoms with Crippen molar-refractivity contribution in [3.8, 4) is 0 Å². The molecule has 11 nitrogen and oxygen atoms in total. The van der Waals surface area contributed by atoms with Crippen LogP contribution in [0.25, 0.3) is 0 Å². The zero-order valence-electron chi connectivity index (χ0n) is 23.7. The highest BCUT2D eigenvalue weighted by Crippen LogP contribution is 2.52. The van der Waals surface area contributed by atoms with E-state index in [0.717, 1.165) is 22.3 Å². The monoisotopic (exact) mass is 642 g/mol. The maximum Gasteiger partial charge on any atom is 0.512 e. The van der Waals surface area contributed by atoms with Crippen LogP contribution < -0.4 is 0 Å². The maximum atomic E-state index is 13.3. The van der Waals surface area contributed by atoms with Crippen LogP contribution in [0, 0.1) is 0 Å². The molecule has 0 amide bonds. The molecule has 13 heteroatoms. The lowest BCUT2D eigenvalue weighted by Crippen LogP contribution is -2.13. The zero-order chi connectivity index (χ0) is 30.9. The van der Waals surface area contributed by atoms with Gasteiger partial charge in [-0.1, -0.05) is 121 Å². The van der Waals surface area contributed by atoms with E-state index >= 15 is 0 Å². The van der Waals surface area contributed by atoms with Gasteiger partial charge in [-0.3, -0.25) is 18.1 Å². The maximum absolute atomic E-state index is 13.3. The van der Waals surface area contributed by atoms with Crippen LogP contribution in [0.1, 0.15) is 22.3 Å². The minimum atomic E-state index is -4.18. The van der Waals surface area contributed by atoms with Gasteiger partial charge in [0.1, 0.15) is 0 Å². The third-order valence-corrected chi connectivity index (χ3v) is 8.33. The molecule has 44 heavy (non-hydrogen) atoms. The lowest BCUT2D eigenvalue weighted by Gasteiger charge is -2.19. The Balaban J connectivity index is 1.27. The fourth-order valence-electron chi connectivity index (χ4n) is 3.45. The molecule has 0 aliphatic rings. The Hall–Kier alpha value is -3.63. The molecule has 0 aliphatic carbocycles. The molecule has 0 aliphatic heterocycles. The highest BCUT2D eigenvalue weighted by Gasteiger charge is 2.30. The van der Waals surface area contributed by atoms with Gasteiger partial charge in [0, 0.05) is 0 Å². The highest BCUT2D eigenvalue weighted by molar-refractivity contribution is 7.48. The third-order valence-electron chi connectivity index (χ3n) is 5.70. The first-order valence-electron chi connectivity index (χ1n) is 13.4. The zero-order valence-corrected chi connectivity index (χ0v) is 25.5. The van der Waals surface area contributed by atoms with Crippen molar-refractivity contribution >= 4 is 21.8 Å². The minimum Gasteiger partial charge on any atom is -0.406 e. The normalized spacial score (nSPS) is 11.6. The Kier molecular flexibility index (Phi) is 13.3. The smallest absolute Gasteiger partial charge is 0.406 e. The Bertz CT molecular complexity index is 1280. The molecule has 0 radical (unpaired) electrons. The van der Waals surface area contributed by atoms with Crippen molar-refractivity contribution in [2.45, 2.75) is 26.4 Å². The summed E-state index contributed by atoms with van der Waals surface area (Å²) in [5.74, 6) is 0. The van der Waals surface area contributed by atoms with Crippen LogP contribution in [-0.4, -0.2) is 19.7 Å². The highest BCUT2D eigenvalue weighted by atomic mass is 31.2. The summed E-state index contributed by atoms with van der Waals surface area (Å²) in [5.41, 5.74) is 2.91. The third kappa shape index (κ3) is 12.2. The summed E-state index contributed by atoms with van der Waals surface area (Å²) in [4.78, 5) is 12.2. The number of benzene rings is 4. The van der Waals surface area contributed by atoms with Crippen LogP contribution in [0.2, 0.25) is 0 Å². The number of hydrogen-bond donors (Lipinski definition) is 0. The van der Waals surface area contributed by atoms with Crippen molar-refractivity contribution in [3.63, 3.8) is 0 Å². The van der Waals surface area contributed by atoms with Crippen LogP contribution in [0.4, 0.5) is 4.79 Å². The summed E-state index contributed by atoms with van der Waals surface area (Å²) >= 11 is 0. The first kappa shape index (κ1) is 33.3. The van der Waals surface area contributed by atoms with E-state index in [2.05, 4.69) is 0 Å². The van der Waals surface area contributed by atoms with E-state index in [1.165, 1.54) is 0 Å². The summed E-state index contributed by atoms with van der Waals surface area (Å²) in [6.45, 7) is -1.96. The lowest BCUT2D eigenvalue weighted by molar-refractivity contribution is -0.0461. The van der Waals surface area contributed by atoms with Crippen molar-refractivity contribution in [3.05, 3.63) is 144 Å². The van der Waals surface area contributed by atoms with Gasteiger partial charge in [-0.05, 0) is 22.3 Å². The Morgan fingerprint density at radius 2 is 0.659 bits per heavy atom. The molecular weight excluding hydrogens is 610 g/mol. The first-order chi connectivity index (χ1) is 21.4. The van der Waals surface area contributed by atoms with E-state index in [9.17, 15) is 13.9 Å². The van der Waals surface area contributed by atoms with Crippen molar-refractivity contribution < 1.29 is 50.5 Å². The Morgan fingerprint density at radius 3 is 0.909 bits per heavy atom. The van der Waals surface area contributed by atoms with Gasteiger partial charge in [0.05, 0.1) is 26.4 Å². The van der Waals surface area contributed by atoms with Crippen molar-refractivity contribution in [1.82, 2.24) is 0 Å². The summed E-state index contributed by atoms with van der Waals surface area (Å²) in [5, 5.41) is 0. The van der Waals surface area contributed by atoms with Crippen molar-refractivity contribution in [2.75, 3.05) is 13.6 Å². The fourth-order valence-corrected chi connectivity index (χ4v) is 5.49. The molecule has 0 spiro atoms. The molecule has 4 aromatic rings. The van der Waals surface area contributed by atoms with Crippen LogP contribution >= 0.6 is 15.6 Å². The average Bonchev–Trinajstić information content (AvgIpc) is 3.07.